The van der Waals surface area contributed by atoms with Crippen molar-refractivity contribution < 1.29 is 23.8 Å². The van der Waals surface area contributed by atoms with E-state index in [4.69, 9.17) is 14.2 Å². The number of methoxy groups -OCH3 is 2. The summed E-state index contributed by atoms with van der Waals surface area (Å²) in [6.07, 6.45) is 1.77. The third kappa shape index (κ3) is 5.11. The molecule has 0 aromatic heterocycles. The molecule has 6 nitrogen and oxygen atoms in total. The molecule has 35 heavy (non-hydrogen) atoms. The Morgan fingerprint density at radius 3 is 2.43 bits per heavy atom. The van der Waals surface area contributed by atoms with Crippen LogP contribution in [0.5, 0.6) is 11.5 Å². The molecule has 184 valence electrons. The largest absolute Gasteiger partial charge is 0.493 e. The molecule has 0 saturated carbocycles. The Kier molecular flexibility index (Phi) is 7.01. The molecule has 1 aliphatic heterocycles. The highest BCUT2D eigenvalue weighted by Gasteiger charge is 2.43. The van der Waals surface area contributed by atoms with Crippen molar-refractivity contribution in [1.29, 1.82) is 0 Å². The van der Waals surface area contributed by atoms with Crippen LogP contribution in [0.1, 0.15) is 50.7 Å². The summed E-state index contributed by atoms with van der Waals surface area (Å²) in [5, 5.41) is 3.38. The lowest BCUT2D eigenvalue weighted by molar-refractivity contribution is -0.139. The van der Waals surface area contributed by atoms with E-state index in [1.807, 2.05) is 49.4 Å². The predicted octanol–water partition coefficient (Wildman–Crippen LogP) is 5.09. The first-order chi connectivity index (χ1) is 16.7. The minimum absolute atomic E-state index is 0.0469. The summed E-state index contributed by atoms with van der Waals surface area (Å²) in [7, 11) is 3.15. The molecule has 2 aromatic rings. The van der Waals surface area contributed by atoms with Gasteiger partial charge < -0.3 is 19.5 Å². The molecule has 2 aliphatic rings. The van der Waals surface area contributed by atoms with Crippen LogP contribution in [0.3, 0.4) is 0 Å². The standard InChI is InChI=1S/C29H33NO5/c1-18-25(28(32)35-14-13-19-9-7-6-8-10-19)26(20-11-12-23(33-4)24(15-20)34-5)27-21(30-18)16-29(2,3)17-22(27)31/h6-12,15,26,30H,13-14,16-17H2,1-5H3/t26-/m0/s1. The zero-order valence-electron chi connectivity index (χ0n) is 21.1. The summed E-state index contributed by atoms with van der Waals surface area (Å²) in [5.41, 5.74) is 4.41. The number of carbonyl (C=O) groups excluding carboxylic acids is 2. The molecule has 0 spiro atoms. The number of nitrogens with one attached hydrogen (secondary N) is 1. The van der Waals surface area contributed by atoms with Gasteiger partial charge in [-0.1, -0.05) is 50.2 Å². The average Bonchev–Trinajstić information content (AvgIpc) is 2.82. The molecule has 2 aromatic carbocycles. The van der Waals surface area contributed by atoms with Gasteiger partial charge in [0.1, 0.15) is 0 Å². The number of rotatable bonds is 7. The molecule has 0 unspecified atom stereocenters. The van der Waals surface area contributed by atoms with Gasteiger partial charge in [0.25, 0.3) is 0 Å². The van der Waals surface area contributed by atoms with Crippen molar-refractivity contribution in [3.05, 3.63) is 82.2 Å². The second kappa shape index (κ2) is 9.98. The number of allylic oxidation sites excluding steroid dienone is 3. The first kappa shape index (κ1) is 24.6. The summed E-state index contributed by atoms with van der Waals surface area (Å²) in [4.78, 5) is 26.9. The monoisotopic (exact) mass is 475 g/mol. The summed E-state index contributed by atoms with van der Waals surface area (Å²) in [5.74, 6) is 0.214. The average molecular weight is 476 g/mol. The fourth-order valence-electron chi connectivity index (χ4n) is 5.06. The third-order valence-electron chi connectivity index (χ3n) is 6.67. The van der Waals surface area contributed by atoms with Gasteiger partial charge in [-0.05, 0) is 42.0 Å². The molecule has 0 radical (unpaired) electrons. The number of Topliss-reactive ketones (excluding diaryl/α,β-unsaturated/α-hetero) is 1. The van der Waals surface area contributed by atoms with E-state index in [9.17, 15) is 9.59 Å². The normalized spacial score (nSPS) is 19.1. The zero-order chi connectivity index (χ0) is 25.2. The van der Waals surface area contributed by atoms with Gasteiger partial charge in [0.05, 0.1) is 26.4 Å². The molecule has 6 heteroatoms. The van der Waals surface area contributed by atoms with Crippen molar-refractivity contribution in [3.63, 3.8) is 0 Å². The molecule has 0 bridgehead atoms. The molecule has 0 amide bonds. The van der Waals surface area contributed by atoms with E-state index in [1.54, 1.807) is 20.3 Å². The number of hydrogen-bond donors (Lipinski definition) is 1. The molecule has 1 atom stereocenters. The number of carbonyl (C=O) groups is 2. The lowest BCUT2D eigenvalue weighted by Gasteiger charge is -2.39. The Bertz CT molecular complexity index is 1190. The van der Waals surface area contributed by atoms with E-state index >= 15 is 0 Å². The van der Waals surface area contributed by atoms with Gasteiger partial charge in [-0.25, -0.2) is 4.79 Å². The SMILES string of the molecule is COc1ccc([C@H]2C(C(=O)OCCc3ccccc3)=C(C)NC3=C2C(=O)CC(C)(C)C3)cc1OC. The lowest BCUT2D eigenvalue weighted by Crippen LogP contribution is -2.38. The summed E-state index contributed by atoms with van der Waals surface area (Å²) in [6, 6.07) is 15.4. The fraction of sp³-hybridized carbons (Fsp3) is 0.379. The fourth-order valence-corrected chi connectivity index (χ4v) is 5.06. The van der Waals surface area contributed by atoms with Crippen LogP contribution in [0, 0.1) is 5.41 Å². The highest BCUT2D eigenvalue weighted by molar-refractivity contribution is 6.04. The predicted molar refractivity (Wildman–Crippen MR) is 134 cm³/mol. The van der Waals surface area contributed by atoms with Gasteiger partial charge in [-0.15, -0.1) is 0 Å². The van der Waals surface area contributed by atoms with Gasteiger partial charge in [-0.2, -0.15) is 0 Å². The summed E-state index contributed by atoms with van der Waals surface area (Å²) >= 11 is 0. The molecule has 0 fully saturated rings. The molecule has 1 aliphatic carbocycles. The molecule has 1 N–H and O–H groups in total. The Morgan fingerprint density at radius 2 is 1.74 bits per heavy atom. The van der Waals surface area contributed by atoms with E-state index in [0.29, 0.717) is 41.2 Å². The van der Waals surface area contributed by atoms with Crippen molar-refractivity contribution in [2.24, 2.45) is 5.41 Å². The summed E-state index contributed by atoms with van der Waals surface area (Å²) in [6.45, 7) is 6.31. The van der Waals surface area contributed by atoms with E-state index in [2.05, 4.69) is 19.2 Å². The van der Waals surface area contributed by atoms with Gasteiger partial charge >= 0.3 is 5.97 Å². The van der Waals surface area contributed by atoms with E-state index in [1.165, 1.54) is 0 Å². The van der Waals surface area contributed by atoms with Crippen LogP contribution in [0.15, 0.2) is 71.1 Å². The van der Waals surface area contributed by atoms with E-state index in [0.717, 1.165) is 23.2 Å². The van der Waals surface area contributed by atoms with Gasteiger partial charge in [-0.3, -0.25) is 4.79 Å². The maximum absolute atomic E-state index is 13.5. The second-order valence-electron chi connectivity index (χ2n) is 9.92. The Balaban J connectivity index is 1.71. The molecule has 0 saturated heterocycles. The smallest absolute Gasteiger partial charge is 0.336 e. The van der Waals surface area contributed by atoms with Crippen LogP contribution in [0.2, 0.25) is 0 Å². The number of ketones is 1. The van der Waals surface area contributed by atoms with Crippen molar-refractivity contribution >= 4 is 11.8 Å². The minimum atomic E-state index is -0.543. The van der Waals surface area contributed by atoms with Crippen molar-refractivity contribution in [1.82, 2.24) is 5.32 Å². The number of hydrogen-bond acceptors (Lipinski definition) is 6. The summed E-state index contributed by atoms with van der Waals surface area (Å²) < 4.78 is 16.7. The number of dihydropyridines is 1. The Hall–Kier alpha value is -3.54. The number of ether oxygens (including phenoxy) is 3. The Labute approximate surface area is 207 Å². The number of esters is 1. The molecular formula is C29H33NO5. The highest BCUT2D eigenvalue weighted by atomic mass is 16.5. The van der Waals surface area contributed by atoms with Crippen molar-refractivity contribution in [2.75, 3.05) is 20.8 Å². The first-order valence-electron chi connectivity index (χ1n) is 11.9. The zero-order valence-corrected chi connectivity index (χ0v) is 21.1. The Morgan fingerprint density at radius 1 is 1.03 bits per heavy atom. The first-order valence-corrected chi connectivity index (χ1v) is 11.9. The van der Waals surface area contributed by atoms with Crippen LogP contribution in [-0.4, -0.2) is 32.6 Å². The van der Waals surface area contributed by atoms with Crippen LogP contribution >= 0.6 is 0 Å². The van der Waals surface area contributed by atoms with Gasteiger partial charge in [0, 0.05) is 35.7 Å². The molecule has 4 rings (SSSR count). The van der Waals surface area contributed by atoms with Crippen LogP contribution < -0.4 is 14.8 Å². The van der Waals surface area contributed by atoms with Gasteiger partial charge in [0.2, 0.25) is 0 Å². The van der Waals surface area contributed by atoms with Crippen LogP contribution in [-0.2, 0) is 20.7 Å². The second-order valence-corrected chi connectivity index (χ2v) is 9.92. The topological polar surface area (TPSA) is 73.9 Å². The van der Waals surface area contributed by atoms with E-state index < -0.39 is 11.9 Å². The van der Waals surface area contributed by atoms with Crippen molar-refractivity contribution in [2.45, 2.75) is 46.0 Å². The van der Waals surface area contributed by atoms with Crippen LogP contribution in [0.25, 0.3) is 0 Å². The quantitative estimate of drug-likeness (QED) is 0.562. The molecular weight excluding hydrogens is 442 g/mol. The lowest BCUT2D eigenvalue weighted by atomic mass is 9.68. The minimum Gasteiger partial charge on any atom is -0.493 e. The van der Waals surface area contributed by atoms with Crippen molar-refractivity contribution in [3.8, 4) is 11.5 Å². The van der Waals surface area contributed by atoms with Gasteiger partial charge in [0.15, 0.2) is 17.3 Å². The highest BCUT2D eigenvalue weighted by Crippen LogP contribution is 2.47. The maximum Gasteiger partial charge on any atom is 0.336 e. The number of benzene rings is 2. The van der Waals surface area contributed by atoms with Crippen LogP contribution in [0.4, 0.5) is 0 Å². The molecule has 1 heterocycles. The third-order valence-corrected chi connectivity index (χ3v) is 6.67. The van der Waals surface area contributed by atoms with E-state index in [-0.39, 0.29) is 17.8 Å². The maximum atomic E-state index is 13.5.